The van der Waals surface area contributed by atoms with Crippen LogP contribution in [0.15, 0.2) is 17.2 Å². The molecule has 116 valence electrons. The highest BCUT2D eigenvalue weighted by molar-refractivity contribution is 7.89. The van der Waals surface area contributed by atoms with Gasteiger partial charge >= 0.3 is 5.97 Å². The molecular weight excluding hydrogens is 298 g/mol. The first-order chi connectivity index (χ1) is 9.72. The van der Waals surface area contributed by atoms with Gasteiger partial charge in [0.1, 0.15) is 10.6 Å². The van der Waals surface area contributed by atoms with E-state index in [-0.39, 0.29) is 17.1 Å². The molecule has 1 heterocycles. The largest absolute Gasteiger partial charge is 0.481 e. The molecule has 1 aliphatic rings. The Kier molecular flexibility index (Phi) is 3.81. The number of carbonyl (C=O) groups is 2. The second-order valence-corrected chi connectivity index (χ2v) is 6.93. The summed E-state index contributed by atoms with van der Waals surface area (Å²) in [6.07, 6.45) is 2.24. The summed E-state index contributed by atoms with van der Waals surface area (Å²) >= 11 is 0. The van der Waals surface area contributed by atoms with E-state index < -0.39 is 27.3 Å². The van der Waals surface area contributed by atoms with Crippen LogP contribution in [0.5, 0.6) is 0 Å². The van der Waals surface area contributed by atoms with E-state index >= 15 is 0 Å². The van der Waals surface area contributed by atoms with Crippen LogP contribution in [0.2, 0.25) is 0 Å². The maximum absolute atomic E-state index is 12.2. The third kappa shape index (κ3) is 2.93. The Morgan fingerprint density at radius 2 is 2.05 bits per heavy atom. The van der Waals surface area contributed by atoms with Crippen LogP contribution in [0.4, 0.5) is 0 Å². The van der Waals surface area contributed by atoms with Crippen molar-refractivity contribution in [3.63, 3.8) is 0 Å². The molecule has 1 fully saturated rings. The van der Waals surface area contributed by atoms with Gasteiger partial charge in [0.25, 0.3) is 5.91 Å². The van der Waals surface area contributed by atoms with Gasteiger partial charge in [0, 0.05) is 26.8 Å². The minimum atomic E-state index is -3.84. The summed E-state index contributed by atoms with van der Waals surface area (Å²) in [5.74, 6) is -1.40. The zero-order valence-corrected chi connectivity index (χ0v) is 12.5. The fourth-order valence-corrected chi connectivity index (χ4v) is 3.17. The summed E-state index contributed by atoms with van der Waals surface area (Å²) in [5.41, 5.74) is -0.775. The van der Waals surface area contributed by atoms with Gasteiger partial charge in [-0.25, -0.2) is 13.1 Å². The number of aliphatic carboxylic acids is 1. The monoisotopic (exact) mass is 315 g/mol. The van der Waals surface area contributed by atoms with Crippen molar-refractivity contribution < 1.29 is 23.1 Å². The number of nitrogens with one attached hydrogen (secondary N) is 2. The van der Waals surface area contributed by atoms with Gasteiger partial charge in [-0.15, -0.1) is 0 Å². The number of rotatable bonds is 6. The molecule has 0 radical (unpaired) electrons. The molecule has 0 aromatic carbocycles. The number of carboxylic acids is 1. The number of carboxylic acid groups (broad SMARTS) is 1. The van der Waals surface area contributed by atoms with Crippen LogP contribution < -0.4 is 10.0 Å². The number of carbonyl (C=O) groups excluding carboxylic acids is 1. The van der Waals surface area contributed by atoms with E-state index in [4.69, 9.17) is 5.11 Å². The Morgan fingerprint density at radius 1 is 1.43 bits per heavy atom. The van der Waals surface area contributed by atoms with Crippen LogP contribution in [0.1, 0.15) is 23.3 Å². The van der Waals surface area contributed by atoms with Crippen LogP contribution in [-0.2, 0) is 21.9 Å². The van der Waals surface area contributed by atoms with Crippen molar-refractivity contribution >= 4 is 21.9 Å². The second kappa shape index (κ2) is 5.15. The van der Waals surface area contributed by atoms with Crippen molar-refractivity contribution in [2.45, 2.75) is 17.7 Å². The van der Waals surface area contributed by atoms with Crippen molar-refractivity contribution in [1.82, 2.24) is 14.6 Å². The van der Waals surface area contributed by atoms with E-state index in [1.54, 1.807) is 7.05 Å². The first-order valence-electron chi connectivity index (χ1n) is 6.33. The Bertz CT molecular complexity index is 688. The summed E-state index contributed by atoms with van der Waals surface area (Å²) in [6, 6.07) is 1.25. The number of amides is 1. The van der Waals surface area contributed by atoms with Gasteiger partial charge in [-0.05, 0) is 18.9 Å². The van der Waals surface area contributed by atoms with Gasteiger partial charge in [-0.2, -0.15) is 0 Å². The van der Waals surface area contributed by atoms with E-state index in [1.165, 1.54) is 23.9 Å². The molecule has 0 unspecified atom stereocenters. The summed E-state index contributed by atoms with van der Waals surface area (Å²) in [4.78, 5) is 22.5. The molecule has 1 aromatic heterocycles. The van der Waals surface area contributed by atoms with Crippen LogP contribution in [0.3, 0.4) is 0 Å². The topological polar surface area (TPSA) is 118 Å². The average molecular weight is 315 g/mol. The molecule has 1 saturated carbocycles. The van der Waals surface area contributed by atoms with Gasteiger partial charge < -0.3 is 15.0 Å². The molecular formula is C12H17N3O5S. The first kappa shape index (κ1) is 15.5. The normalized spacial score (nSPS) is 16.5. The Morgan fingerprint density at radius 3 is 2.52 bits per heavy atom. The fourth-order valence-electron chi connectivity index (χ4n) is 1.97. The van der Waals surface area contributed by atoms with Gasteiger partial charge in [-0.1, -0.05) is 0 Å². The fraction of sp³-hybridized carbons (Fsp3) is 0.500. The molecule has 1 aliphatic carbocycles. The highest BCUT2D eigenvalue weighted by atomic mass is 32.2. The highest BCUT2D eigenvalue weighted by Gasteiger charge is 2.50. The first-order valence-corrected chi connectivity index (χ1v) is 7.82. The van der Waals surface area contributed by atoms with Crippen molar-refractivity contribution in [1.29, 1.82) is 0 Å². The molecule has 0 aliphatic heterocycles. The second-order valence-electron chi connectivity index (χ2n) is 5.16. The van der Waals surface area contributed by atoms with E-state index in [2.05, 4.69) is 10.0 Å². The third-order valence-corrected chi connectivity index (χ3v) is 5.03. The molecule has 0 saturated heterocycles. The van der Waals surface area contributed by atoms with Crippen molar-refractivity contribution in [3.8, 4) is 0 Å². The molecule has 0 spiro atoms. The Hall–Kier alpha value is -1.87. The van der Waals surface area contributed by atoms with Crippen LogP contribution in [0, 0.1) is 5.41 Å². The van der Waals surface area contributed by atoms with Gasteiger partial charge in [0.2, 0.25) is 10.0 Å². The van der Waals surface area contributed by atoms with Crippen molar-refractivity contribution in [3.05, 3.63) is 18.0 Å². The maximum Gasteiger partial charge on any atom is 0.310 e. The molecule has 1 amide bonds. The smallest absolute Gasteiger partial charge is 0.310 e. The lowest BCUT2D eigenvalue weighted by Crippen LogP contribution is -2.34. The van der Waals surface area contributed by atoms with E-state index in [0.29, 0.717) is 12.8 Å². The third-order valence-electron chi connectivity index (χ3n) is 3.66. The number of hydrogen-bond acceptors (Lipinski definition) is 4. The zero-order valence-electron chi connectivity index (χ0n) is 11.7. The van der Waals surface area contributed by atoms with Gasteiger partial charge in [0.15, 0.2) is 0 Å². The Labute approximate surface area is 122 Å². The van der Waals surface area contributed by atoms with E-state index in [1.807, 2.05) is 0 Å². The summed E-state index contributed by atoms with van der Waals surface area (Å²) in [7, 11) is -0.836. The van der Waals surface area contributed by atoms with Gasteiger partial charge in [-0.3, -0.25) is 9.59 Å². The molecule has 9 heteroatoms. The molecule has 3 N–H and O–H groups in total. The number of nitrogens with zero attached hydrogens (tertiary/aromatic N) is 1. The summed E-state index contributed by atoms with van der Waals surface area (Å²) in [6.45, 7) is -0.144. The van der Waals surface area contributed by atoms with Crippen molar-refractivity contribution in [2.24, 2.45) is 12.5 Å². The predicted molar refractivity (Wildman–Crippen MR) is 73.3 cm³/mol. The van der Waals surface area contributed by atoms with Crippen LogP contribution in [-0.4, -0.2) is 43.6 Å². The quantitative estimate of drug-likeness (QED) is 0.656. The molecule has 0 atom stereocenters. The van der Waals surface area contributed by atoms with Gasteiger partial charge in [0.05, 0.1) is 5.41 Å². The molecule has 21 heavy (non-hydrogen) atoms. The lowest BCUT2D eigenvalue weighted by Gasteiger charge is -2.10. The molecule has 2 rings (SSSR count). The lowest BCUT2D eigenvalue weighted by atomic mass is 10.1. The Balaban J connectivity index is 2.17. The maximum atomic E-state index is 12.2. The average Bonchev–Trinajstić information content (AvgIpc) is 3.12. The SMILES string of the molecule is CNC(=O)c1cc(S(=O)(=O)NCC2(C(=O)O)CC2)cn1C. The molecule has 8 nitrogen and oxygen atoms in total. The van der Waals surface area contributed by atoms with E-state index in [0.717, 1.165) is 0 Å². The number of hydrogen-bond donors (Lipinski definition) is 3. The standard InChI is InChI=1S/C12H17N3O5S/c1-13-10(16)9-5-8(6-15(9)2)21(19,20)14-7-12(3-4-12)11(17)18/h5-6,14H,3-4,7H2,1-2H3,(H,13,16)(H,17,18). The number of aryl methyl sites for hydroxylation is 1. The van der Waals surface area contributed by atoms with Crippen LogP contribution in [0.25, 0.3) is 0 Å². The van der Waals surface area contributed by atoms with Crippen LogP contribution >= 0.6 is 0 Å². The summed E-state index contributed by atoms with van der Waals surface area (Å²) < 4.78 is 28.0. The lowest BCUT2D eigenvalue weighted by molar-refractivity contribution is -0.143. The zero-order chi connectivity index (χ0) is 15.8. The minimum Gasteiger partial charge on any atom is -0.481 e. The number of aromatic nitrogens is 1. The molecule has 1 aromatic rings. The highest BCUT2D eigenvalue weighted by Crippen LogP contribution is 2.45. The van der Waals surface area contributed by atoms with Crippen molar-refractivity contribution in [2.75, 3.05) is 13.6 Å². The summed E-state index contributed by atoms with van der Waals surface area (Å²) in [5, 5.41) is 11.4. The minimum absolute atomic E-state index is 0.0650. The predicted octanol–water partition coefficient (Wildman–Crippen LogP) is -0.472. The van der Waals surface area contributed by atoms with E-state index in [9.17, 15) is 18.0 Å². The number of sulfonamides is 1. The molecule has 0 bridgehead atoms.